The second kappa shape index (κ2) is 7.95. The van der Waals surface area contributed by atoms with E-state index in [2.05, 4.69) is 15.7 Å². The fraction of sp³-hybridized carbons (Fsp3) is 0.333. The summed E-state index contributed by atoms with van der Waals surface area (Å²) in [6.45, 7) is 0.203. The molecular formula is C15H18N4O5. The molecule has 0 spiro atoms. The van der Waals surface area contributed by atoms with Crippen LogP contribution in [0.2, 0.25) is 0 Å². The number of rotatable bonds is 8. The summed E-state index contributed by atoms with van der Waals surface area (Å²) in [5.41, 5.74) is 0.352. The number of nitrogens with one attached hydrogen (secondary N) is 2. The van der Waals surface area contributed by atoms with Gasteiger partial charge in [-0.3, -0.25) is 19.1 Å². The molecule has 0 atom stereocenters. The highest BCUT2D eigenvalue weighted by Gasteiger charge is 2.18. The van der Waals surface area contributed by atoms with Gasteiger partial charge >= 0.3 is 5.97 Å². The van der Waals surface area contributed by atoms with E-state index in [0.717, 1.165) is 0 Å². The van der Waals surface area contributed by atoms with E-state index < -0.39 is 11.9 Å². The average Bonchev–Trinajstić information content (AvgIpc) is 3.14. The van der Waals surface area contributed by atoms with Crippen LogP contribution in [0.25, 0.3) is 0 Å². The Labute approximate surface area is 137 Å². The van der Waals surface area contributed by atoms with Crippen LogP contribution in [-0.4, -0.2) is 32.7 Å². The quantitative estimate of drug-likeness (QED) is 0.664. The lowest BCUT2D eigenvalue weighted by molar-refractivity contribution is -0.137. The summed E-state index contributed by atoms with van der Waals surface area (Å²) in [6, 6.07) is 3.44. The van der Waals surface area contributed by atoms with Gasteiger partial charge in [0.1, 0.15) is 5.76 Å². The fourth-order valence-corrected chi connectivity index (χ4v) is 2.02. The van der Waals surface area contributed by atoms with Crippen molar-refractivity contribution in [2.24, 2.45) is 7.05 Å². The largest absolute Gasteiger partial charge is 0.481 e. The van der Waals surface area contributed by atoms with Crippen molar-refractivity contribution in [2.45, 2.75) is 25.8 Å². The third-order valence-corrected chi connectivity index (χ3v) is 3.12. The molecule has 9 nitrogen and oxygen atoms in total. The summed E-state index contributed by atoms with van der Waals surface area (Å²) in [6.07, 6.45) is 3.20. The van der Waals surface area contributed by atoms with Crippen molar-refractivity contribution >= 4 is 23.5 Å². The van der Waals surface area contributed by atoms with E-state index in [1.165, 1.54) is 17.1 Å². The monoisotopic (exact) mass is 334 g/mol. The highest BCUT2D eigenvalue weighted by atomic mass is 16.4. The van der Waals surface area contributed by atoms with Crippen LogP contribution in [-0.2, 0) is 23.2 Å². The SMILES string of the molecule is Cn1cc(NC(=O)CCCC(=O)O)c(C(=O)NCc2ccco2)n1. The number of carbonyl (C=O) groups is 3. The van der Waals surface area contributed by atoms with Gasteiger partial charge in [0, 0.05) is 26.1 Å². The minimum atomic E-state index is -0.956. The van der Waals surface area contributed by atoms with E-state index in [0.29, 0.717) is 5.76 Å². The Hall–Kier alpha value is -3.10. The maximum Gasteiger partial charge on any atom is 0.303 e. The molecule has 2 amide bonds. The van der Waals surface area contributed by atoms with Crippen LogP contribution in [0.3, 0.4) is 0 Å². The lowest BCUT2D eigenvalue weighted by Gasteiger charge is -2.05. The molecule has 2 heterocycles. The van der Waals surface area contributed by atoms with E-state index in [1.54, 1.807) is 19.2 Å². The predicted molar refractivity (Wildman–Crippen MR) is 83.2 cm³/mol. The average molecular weight is 334 g/mol. The number of aromatic nitrogens is 2. The number of carboxylic acids is 1. The van der Waals surface area contributed by atoms with E-state index in [1.807, 2.05) is 0 Å². The van der Waals surface area contributed by atoms with Gasteiger partial charge < -0.3 is 20.2 Å². The van der Waals surface area contributed by atoms with Gasteiger partial charge in [0.05, 0.1) is 18.5 Å². The molecule has 3 N–H and O–H groups in total. The number of aryl methyl sites for hydroxylation is 1. The van der Waals surface area contributed by atoms with Crippen LogP contribution in [0.4, 0.5) is 5.69 Å². The zero-order chi connectivity index (χ0) is 17.5. The summed E-state index contributed by atoms with van der Waals surface area (Å²) < 4.78 is 6.54. The van der Waals surface area contributed by atoms with Crippen LogP contribution in [0.1, 0.15) is 35.5 Å². The Morgan fingerprint density at radius 3 is 2.79 bits per heavy atom. The Morgan fingerprint density at radius 2 is 2.12 bits per heavy atom. The molecule has 0 saturated heterocycles. The standard InChI is InChI=1S/C15H18N4O5/c1-19-9-11(17-12(20)5-2-6-13(21)22)14(18-19)15(23)16-8-10-4-3-7-24-10/h3-4,7,9H,2,5-6,8H2,1H3,(H,16,23)(H,17,20)(H,21,22). The molecule has 0 unspecified atom stereocenters. The normalized spacial score (nSPS) is 10.4. The zero-order valence-corrected chi connectivity index (χ0v) is 13.1. The van der Waals surface area contributed by atoms with Gasteiger partial charge in [0.25, 0.3) is 5.91 Å². The molecule has 0 aliphatic heterocycles. The minimum absolute atomic E-state index is 0.0502. The lowest BCUT2D eigenvalue weighted by atomic mass is 10.2. The molecule has 2 aromatic heterocycles. The zero-order valence-electron chi connectivity index (χ0n) is 13.1. The van der Waals surface area contributed by atoms with Crippen molar-refractivity contribution in [2.75, 3.05) is 5.32 Å². The second-order valence-electron chi connectivity index (χ2n) is 5.12. The molecule has 128 valence electrons. The first-order valence-electron chi connectivity index (χ1n) is 7.31. The summed E-state index contributed by atoms with van der Waals surface area (Å²) >= 11 is 0. The first-order chi connectivity index (χ1) is 11.5. The summed E-state index contributed by atoms with van der Waals surface area (Å²) in [5, 5.41) is 17.8. The van der Waals surface area contributed by atoms with Crippen molar-refractivity contribution < 1.29 is 23.9 Å². The number of hydrogen-bond acceptors (Lipinski definition) is 5. The molecule has 0 bridgehead atoms. The van der Waals surface area contributed by atoms with Gasteiger partial charge in [0.15, 0.2) is 5.69 Å². The highest BCUT2D eigenvalue weighted by molar-refractivity contribution is 6.02. The van der Waals surface area contributed by atoms with Crippen LogP contribution in [0.5, 0.6) is 0 Å². The third-order valence-electron chi connectivity index (χ3n) is 3.12. The van der Waals surface area contributed by atoms with Gasteiger partial charge in [-0.05, 0) is 18.6 Å². The van der Waals surface area contributed by atoms with E-state index >= 15 is 0 Å². The Kier molecular flexibility index (Phi) is 5.72. The molecule has 0 fully saturated rings. The Balaban J connectivity index is 1.94. The number of hydrogen-bond donors (Lipinski definition) is 3. The minimum Gasteiger partial charge on any atom is -0.481 e. The molecule has 24 heavy (non-hydrogen) atoms. The van der Waals surface area contributed by atoms with E-state index in [4.69, 9.17) is 9.52 Å². The van der Waals surface area contributed by atoms with Crippen LogP contribution in [0.15, 0.2) is 29.0 Å². The first kappa shape index (κ1) is 17.3. The number of carboxylic acid groups (broad SMARTS) is 1. The first-order valence-corrected chi connectivity index (χ1v) is 7.31. The molecule has 0 saturated carbocycles. The summed E-state index contributed by atoms with van der Waals surface area (Å²) in [7, 11) is 1.63. The molecule has 0 aliphatic rings. The van der Waals surface area contributed by atoms with Crippen molar-refractivity contribution in [3.63, 3.8) is 0 Å². The van der Waals surface area contributed by atoms with Crippen LogP contribution >= 0.6 is 0 Å². The predicted octanol–water partition coefficient (Wildman–Crippen LogP) is 1.14. The van der Waals surface area contributed by atoms with Crippen molar-refractivity contribution in [3.05, 3.63) is 36.0 Å². The van der Waals surface area contributed by atoms with Gasteiger partial charge in [-0.15, -0.1) is 0 Å². The molecule has 2 aromatic rings. The maximum atomic E-state index is 12.2. The smallest absolute Gasteiger partial charge is 0.303 e. The number of amides is 2. The van der Waals surface area contributed by atoms with Crippen molar-refractivity contribution in [1.29, 1.82) is 0 Å². The number of carbonyl (C=O) groups excluding carboxylic acids is 2. The Bertz CT molecular complexity index is 720. The van der Waals surface area contributed by atoms with Crippen molar-refractivity contribution in [3.8, 4) is 0 Å². The van der Waals surface area contributed by atoms with Crippen LogP contribution in [0, 0.1) is 0 Å². The highest BCUT2D eigenvalue weighted by Crippen LogP contribution is 2.14. The second-order valence-corrected chi connectivity index (χ2v) is 5.12. The fourth-order valence-electron chi connectivity index (χ4n) is 2.02. The number of aliphatic carboxylic acids is 1. The molecule has 2 rings (SSSR count). The summed E-state index contributed by atoms with van der Waals surface area (Å²) in [5.74, 6) is -1.18. The third kappa shape index (κ3) is 4.97. The number of furan rings is 1. The maximum absolute atomic E-state index is 12.2. The van der Waals surface area contributed by atoms with Gasteiger partial charge in [-0.25, -0.2) is 0 Å². The van der Waals surface area contributed by atoms with Crippen LogP contribution < -0.4 is 10.6 Å². The van der Waals surface area contributed by atoms with Gasteiger partial charge in [0.2, 0.25) is 5.91 Å². The van der Waals surface area contributed by atoms with Crippen molar-refractivity contribution in [1.82, 2.24) is 15.1 Å². The molecular weight excluding hydrogens is 316 g/mol. The number of anilines is 1. The molecule has 9 heteroatoms. The summed E-state index contributed by atoms with van der Waals surface area (Å²) in [4.78, 5) is 34.5. The van der Waals surface area contributed by atoms with E-state index in [9.17, 15) is 14.4 Å². The Morgan fingerprint density at radius 1 is 1.33 bits per heavy atom. The molecule has 0 aliphatic carbocycles. The van der Waals surface area contributed by atoms with Gasteiger partial charge in [-0.2, -0.15) is 5.10 Å². The lowest BCUT2D eigenvalue weighted by Crippen LogP contribution is -2.25. The molecule has 0 aromatic carbocycles. The van der Waals surface area contributed by atoms with Gasteiger partial charge in [-0.1, -0.05) is 0 Å². The number of nitrogens with zero attached hydrogens (tertiary/aromatic N) is 2. The molecule has 0 radical (unpaired) electrons. The van der Waals surface area contributed by atoms with E-state index in [-0.39, 0.29) is 43.1 Å². The topological polar surface area (TPSA) is 126 Å².